The summed E-state index contributed by atoms with van der Waals surface area (Å²) >= 11 is 0. The van der Waals surface area contributed by atoms with Crippen molar-refractivity contribution in [1.82, 2.24) is 14.7 Å². The molecular formula is C42H55N11O6. The minimum Gasteiger partial charge on any atom is -0.399 e. The van der Waals surface area contributed by atoms with Gasteiger partial charge in [0.25, 0.3) is 0 Å². The summed E-state index contributed by atoms with van der Waals surface area (Å²) in [5.41, 5.74) is 40.9. The van der Waals surface area contributed by atoms with Gasteiger partial charge in [0.1, 0.15) is 18.1 Å². The first-order valence-electron chi connectivity index (χ1n) is 19.7. The summed E-state index contributed by atoms with van der Waals surface area (Å²) in [5.74, 6) is -1.30. The van der Waals surface area contributed by atoms with Crippen LogP contribution in [0.1, 0.15) is 93.7 Å². The molecule has 6 rings (SSSR count). The minimum atomic E-state index is -0.553. The first kappa shape index (κ1) is 45.1. The molecule has 59 heavy (non-hydrogen) atoms. The van der Waals surface area contributed by atoms with Crippen molar-refractivity contribution < 1.29 is 28.8 Å². The highest BCUT2D eigenvalue weighted by Crippen LogP contribution is 2.33. The molecule has 3 aliphatic heterocycles. The number of hydrogen-bond donors (Lipinski definition) is 5. The van der Waals surface area contributed by atoms with E-state index in [-0.39, 0.29) is 35.5 Å². The van der Waals surface area contributed by atoms with E-state index >= 15 is 0 Å². The largest absolute Gasteiger partial charge is 0.399 e. The molecule has 6 atom stereocenters. The fourth-order valence-corrected chi connectivity index (χ4v) is 8.01. The van der Waals surface area contributed by atoms with Gasteiger partial charge in [0, 0.05) is 78.6 Å². The van der Waals surface area contributed by atoms with Crippen molar-refractivity contribution in [3.05, 3.63) is 99.9 Å². The number of amides is 6. The third kappa shape index (κ3) is 11.5. The number of hydrogen-bond acceptors (Lipinski definition) is 9. The van der Waals surface area contributed by atoms with Crippen LogP contribution >= 0.6 is 0 Å². The zero-order valence-corrected chi connectivity index (χ0v) is 33.8. The van der Waals surface area contributed by atoms with Crippen LogP contribution in [0.5, 0.6) is 0 Å². The molecule has 0 radical (unpaired) electrons. The third-order valence-corrected chi connectivity index (χ3v) is 11.0. The molecule has 0 spiro atoms. The quantitative estimate of drug-likeness (QED) is 0.0728. The van der Waals surface area contributed by atoms with Crippen molar-refractivity contribution in [3.63, 3.8) is 0 Å². The fraction of sp³-hybridized carbons (Fsp3) is 0.429. The second-order valence-corrected chi connectivity index (χ2v) is 14.9. The number of carbonyl (C=O) groups is 6. The molecule has 3 fully saturated rings. The third-order valence-electron chi connectivity index (χ3n) is 11.0. The SMILES string of the molecule is CC[C@@H](C(N)=O)N1CC(c2cccc(N)c2)CC1=O.CC[C@@H](C(N)=O)N1CC(c2cccc(N)c2)CC1=O.CC[C@@H](C(N)=O)N1CC(c2cccc(N=[N+]=[N-])c2)CC1=O. The predicted octanol–water partition coefficient (Wildman–Crippen LogP) is 3.91. The van der Waals surface area contributed by atoms with E-state index in [2.05, 4.69) is 10.0 Å². The predicted molar refractivity (Wildman–Crippen MR) is 224 cm³/mol. The molecule has 0 saturated carbocycles. The molecule has 6 amide bonds. The Morgan fingerprint density at radius 2 is 0.932 bits per heavy atom. The van der Waals surface area contributed by atoms with E-state index in [1.54, 1.807) is 32.9 Å². The molecule has 10 N–H and O–H groups in total. The highest BCUT2D eigenvalue weighted by Gasteiger charge is 2.39. The van der Waals surface area contributed by atoms with Crippen molar-refractivity contribution in [2.45, 2.75) is 95.2 Å². The van der Waals surface area contributed by atoms with E-state index in [4.69, 9.17) is 34.2 Å². The van der Waals surface area contributed by atoms with E-state index in [1.807, 2.05) is 75.4 Å². The molecule has 3 saturated heterocycles. The Morgan fingerprint density at radius 1 is 0.610 bits per heavy atom. The highest BCUT2D eigenvalue weighted by atomic mass is 16.2. The van der Waals surface area contributed by atoms with Gasteiger partial charge in [-0.1, -0.05) is 68.4 Å². The molecule has 3 aromatic carbocycles. The van der Waals surface area contributed by atoms with Crippen LogP contribution in [0.25, 0.3) is 10.4 Å². The summed E-state index contributed by atoms with van der Waals surface area (Å²) < 4.78 is 0. The summed E-state index contributed by atoms with van der Waals surface area (Å²) in [6.45, 7) is 7.07. The van der Waals surface area contributed by atoms with Crippen molar-refractivity contribution in [1.29, 1.82) is 0 Å². The number of nitrogens with zero attached hydrogens (tertiary/aromatic N) is 6. The van der Waals surface area contributed by atoms with E-state index in [9.17, 15) is 28.8 Å². The van der Waals surface area contributed by atoms with Crippen LogP contribution in [0.4, 0.5) is 17.1 Å². The van der Waals surface area contributed by atoms with E-state index < -0.39 is 35.8 Å². The second-order valence-electron chi connectivity index (χ2n) is 14.9. The van der Waals surface area contributed by atoms with Gasteiger partial charge in [0.05, 0.1) is 0 Å². The molecule has 17 nitrogen and oxygen atoms in total. The summed E-state index contributed by atoms with van der Waals surface area (Å²) in [4.78, 5) is 77.8. The molecule has 0 bridgehead atoms. The zero-order chi connectivity index (χ0) is 43.4. The maximum absolute atomic E-state index is 12.1. The number of nitrogens with two attached hydrogens (primary N) is 5. The topological polar surface area (TPSA) is 291 Å². The summed E-state index contributed by atoms with van der Waals surface area (Å²) in [6, 6.07) is 20.7. The molecule has 0 aromatic heterocycles. The van der Waals surface area contributed by atoms with Crippen LogP contribution < -0.4 is 28.7 Å². The minimum absolute atomic E-state index is 0.0141. The van der Waals surface area contributed by atoms with Gasteiger partial charge in [-0.2, -0.15) is 0 Å². The van der Waals surface area contributed by atoms with E-state index in [0.717, 1.165) is 16.7 Å². The number of nitrogen functional groups attached to an aromatic ring is 2. The number of azide groups is 1. The Morgan fingerprint density at radius 3 is 1.22 bits per heavy atom. The molecule has 0 aliphatic carbocycles. The molecule has 3 heterocycles. The standard InChI is InChI=1S/C14H17N5O2.2C14H19N3O2/c1-2-12(14(15)21)19-8-10(7-13(19)20)9-4-3-5-11(6-9)17-18-16;2*1-2-12(14(16)19)17-8-10(7-13(17)18)9-4-3-5-11(15)6-9/h3-6,10,12H,2,7-8H2,1H3,(H2,15,21);2*3-6,10,12H,2,7-8,15H2,1H3,(H2,16,19)/t3*10?,12-/m000/s1. The van der Waals surface area contributed by atoms with Gasteiger partial charge in [0.15, 0.2) is 0 Å². The Labute approximate surface area is 343 Å². The van der Waals surface area contributed by atoms with Crippen LogP contribution in [-0.4, -0.2) is 87.9 Å². The average molecular weight is 810 g/mol. The maximum Gasteiger partial charge on any atom is 0.240 e. The molecule has 3 unspecified atom stereocenters. The molecular weight excluding hydrogens is 755 g/mol. The number of likely N-dealkylation sites (tertiary alicyclic amines) is 3. The van der Waals surface area contributed by atoms with Gasteiger partial charge in [-0.3, -0.25) is 28.8 Å². The van der Waals surface area contributed by atoms with Crippen molar-refractivity contribution in [2.75, 3.05) is 31.1 Å². The van der Waals surface area contributed by atoms with Crippen LogP contribution in [0.15, 0.2) is 77.9 Å². The normalized spacial score (nSPS) is 20.1. The van der Waals surface area contributed by atoms with Gasteiger partial charge in [0.2, 0.25) is 35.4 Å². The number of rotatable bonds is 13. The molecule has 314 valence electrons. The van der Waals surface area contributed by atoms with Gasteiger partial charge in [-0.25, -0.2) is 0 Å². The van der Waals surface area contributed by atoms with Gasteiger partial charge in [-0.15, -0.1) is 0 Å². The number of carbonyl (C=O) groups excluding carboxylic acids is 6. The van der Waals surface area contributed by atoms with Gasteiger partial charge >= 0.3 is 0 Å². The first-order valence-corrected chi connectivity index (χ1v) is 19.7. The Bertz CT molecular complexity index is 1980. The lowest BCUT2D eigenvalue weighted by molar-refractivity contribution is -0.136. The number of benzene rings is 3. The number of anilines is 2. The molecule has 3 aliphatic rings. The van der Waals surface area contributed by atoms with Crippen molar-refractivity contribution >= 4 is 52.5 Å². The summed E-state index contributed by atoms with van der Waals surface area (Å²) in [5, 5.41) is 3.56. The fourth-order valence-electron chi connectivity index (χ4n) is 8.01. The summed E-state index contributed by atoms with van der Waals surface area (Å²) in [6.07, 6.45) is 2.76. The second kappa shape index (κ2) is 20.7. The lowest BCUT2D eigenvalue weighted by Crippen LogP contribution is -2.45. The van der Waals surface area contributed by atoms with Crippen LogP contribution in [0.3, 0.4) is 0 Å². The molecule has 3 aromatic rings. The van der Waals surface area contributed by atoms with Gasteiger partial charge < -0.3 is 43.4 Å². The first-order chi connectivity index (χ1) is 28.1. The van der Waals surface area contributed by atoms with Crippen molar-refractivity contribution in [3.8, 4) is 0 Å². The average Bonchev–Trinajstić information content (AvgIpc) is 3.89. The summed E-state index contributed by atoms with van der Waals surface area (Å²) in [7, 11) is 0. The van der Waals surface area contributed by atoms with E-state index in [0.29, 0.717) is 75.2 Å². The number of primary amides is 3. The Balaban J connectivity index is 0.000000196. The van der Waals surface area contributed by atoms with Gasteiger partial charge in [-0.05, 0) is 71.8 Å². The zero-order valence-electron chi connectivity index (χ0n) is 33.8. The van der Waals surface area contributed by atoms with E-state index in [1.165, 1.54) is 0 Å². The maximum atomic E-state index is 12.1. The monoisotopic (exact) mass is 809 g/mol. The molecule has 17 heteroatoms. The van der Waals surface area contributed by atoms with Crippen LogP contribution in [-0.2, 0) is 28.8 Å². The van der Waals surface area contributed by atoms with Crippen LogP contribution in [0, 0.1) is 0 Å². The Kier molecular flexibility index (Phi) is 15.8. The highest BCUT2D eigenvalue weighted by molar-refractivity contribution is 5.90. The Hall–Kier alpha value is -6.61. The smallest absolute Gasteiger partial charge is 0.240 e. The van der Waals surface area contributed by atoms with Crippen LogP contribution in [0.2, 0.25) is 0 Å². The lowest BCUT2D eigenvalue weighted by atomic mass is 9.98. The van der Waals surface area contributed by atoms with Crippen molar-refractivity contribution in [2.24, 2.45) is 22.3 Å². The lowest BCUT2D eigenvalue weighted by Gasteiger charge is -2.24.